The van der Waals surface area contributed by atoms with Gasteiger partial charge in [0.1, 0.15) is 15.7 Å². The van der Waals surface area contributed by atoms with Crippen LogP contribution in [-0.4, -0.2) is 18.3 Å². The Kier molecular flexibility index (Phi) is 2.61. The molecule has 0 bridgehead atoms. The second kappa shape index (κ2) is 4.46. The van der Waals surface area contributed by atoms with E-state index in [0.717, 1.165) is 22.1 Å². The van der Waals surface area contributed by atoms with E-state index in [2.05, 4.69) is 13.7 Å². The molecule has 3 heterocycles. The first-order valence-electron chi connectivity index (χ1n) is 5.95. The van der Waals surface area contributed by atoms with Gasteiger partial charge in [0.05, 0.1) is 30.1 Å². The molecule has 0 amide bonds. The van der Waals surface area contributed by atoms with Crippen molar-refractivity contribution in [2.24, 2.45) is 0 Å². The second-order valence-corrected chi connectivity index (χ2v) is 5.84. The minimum atomic E-state index is 0.00139. The third kappa shape index (κ3) is 1.83. The fraction of sp³-hybridized carbons (Fsp3) is 0.0769. The fourth-order valence-electron chi connectivity index (χ4n) is 2.11. The molecule has 0 radical (unpaired) electrons. The molecule has 0 fully saturated rings. The summed E-state index contributed by atoms with van der Waals surface area (Å²) in [7, 11) is 0. The van der Waals surface area contributed by atoms with Crippen molar-refractivity contribution in [1.82, 2.24) is 18.3 Å². The minimum absolute atomic E-state index is 0.00139. The third-order valence-electron chi connectivity index (χ3n) is 3.11. The molecule has 4 aromatic rings. The van der Waals surface area contributed by atoms with Gasteiger partial charge in [0.25, 0.3) is 5.56 Å². The summed E-state index contributed by atoms with van der Waals surface area (Å²) >= 11 is 2.62. The largest absolute Gasteiger partial charge is 0.294 e. The first-order valence-corrected chi connectivity index (χ1v) is 7.56. The number of thiophene rings is 1. The summed E-state index contributed by atoms with van der Waals surface area (Å²) in [5, 5.41) is 1.89. The van der Waals surface area contributed by atoms with E-state index in [1.807, 2.05) is 29.6 Å². The molecule has 5 nitrogen and oxygen atoms in total. The van der Waals surface area contributed by atoms with E-state index in [-0.39, 0.29) is 5.56 Å². The molecule has 0 saturated carbocycles. The number of benzene rings is 1. The highest BCUT2D eigenvalue weighted by atomic mass is 32.1. The Morgan fingerprint density at radius 1 is 1.10 bits per heavy atom. The molecule has 1 aromatic carbocycles. The highest BCUT2D eigenvalue weighted by Gasteiger charge is 2.07. The average Bonchev–Trinajstić information content (AvgIpc) is 3.10. The van der Waals surface area contributed by atoms with Crippen molar-refractivity contribution in [2.75, 3.05) is 0 Å². The van der Waals surface area contributed by atoms with Gasteiger partial charge in [-0.1, -0.05) is 6.07 Å². The SMILES string of the molecule is O=c1c2sccc2ncn1Cc1ccc2nsnc2c1. The lowest BCUT2D eigenvalue weighted by Gasteiger charge is -2.05. The Morgan fingerprint density at radius 3 is 2.95 bits per heavy atom. The van der Waals surface area contributed by atoms with Crippen molar-refractivity contribution in [3.8, 4) is 0 Å². The van der Waals surface area contributed by atoms with Gasteiger partial charge < -0.3 is 0 Å². The second-order valence-electron chi connectivity index (χ2n) is 4.40. The van der Waals surface area contributed by atoms with Gasteiger partial charge in [-0.3, -0.25) is 9.36 Å². The molecule has 3 aromatic heterocycles. The standard InChI is InChI=1S/C13H8N4OS2/c18-13-12-10(3-4-19-12)14-7-17(13)6-8-1-2-9-11(5-8)16-20-15-9/h1-5,7H,6H2. The van der Waals surface area contributed by atoms with Gasteiger partial charge in [-0.25, -0.2) is 4.98 Å². The van der Waals surface area contributed by atoms with Gasteiger partial charge in [-0.05, 0) is 29.1 Å². The van der Waals surface area contributed by atoms with Crippen LogP contribution in [0, 0.1) is 0 Å². The van der Waals surface area contributed by atoms with Crippen molar-refractivity contribution in [2.45, 2.75) is 6.54 Å². The molecule has 20 heavy (non-hydrogen) atoms. The zero-order valence-electron chi connectivity index (χ0n) is 10.2. The number of aromatic nitrogens is 4. The number of rotatable bonds is 2. The third-order valence-corrected chi connectivity index (χ3v) is 4.56. The molecule has 0 atom stereocenters. The number of hydrogen-bond donors (Lipinski definition) is 0. The lowest BCUT2D eigenvalue weighted by Crippen LogP contribution is -2.20. The highest BCUT2D eigenvalue weighted by molar-refractivity contribution is 7.17. The van der Waals surface area contributed by atoms with Crippen LogP contribution in [0.3, 0.4) is 0 Å². The highest BCUT2D eigenvalue weighted by Crippen LogP contribution is 2.16. The molecule has 0 unspecified atom stereocenters. The van der Waals surface area contributed by atoms with Gasteiger partial charge in [0.2, 0.25) is 0 Å². The molecular formula is C13H8N4OS2. The molecule has 98 valence electrons. The van der Waals surface area contributed by atoms with Gasteiger partial charge in [0.15, 0.2) is 0 Å². The monoisotopic (exact) mass is 300 g/mol. The van der Waals surface area contributed by atoms with Gasteiger partial charge in [-0.15, -0.1) is 11.3 Å². The van der Waals surface area contributed by atoms with Gasteiger partial charge in [-0.2, -0.15) is 8.75 Å². The van der Waals surface area contributed by atoms with Crippen LogP contribution >= 0.6 is 23.1 Å². The predicted molar refractivity (Wildman–Crippen MR) is 80.4 cm³/mol. The normalized spacial score (nSPS) is 11.4. The van der Waals surface area contributed by atoms with E-state index in [1.165, 1.54) is 23.1 Å². The Morgan fingerprint density at radius 2 is 2.00 bits per heavy atom. The fourth-order valence-corrected chi connectivity index (χ4v) is 3.42. The molecule has 7 heteroatoms. The Bertz CT molecular complexity index is 969. The molecule has 0 aliphatic heterocycles. The summed E-state index contributed by atoms with van der Waals surface area (Å²) in [5.74, 6) is 0. The topological polar surface area (TPSA) is 60.7 Å². The van der Waals surface area contributed by atoms with Crippen LogP contribution in [0.4, 0.5) is 0 Å². The quantitative estimate of drug-likeness (QED) is 0.570. The Labute approximate surface area is 121 Å². The maximum absolute atomic E-state index is 12.3. The summed E-state index contributed by atoms with van der Waals surface area (Å²) in [4.78, 5) is 16.6. The number of hydrogen-bond acceptors (Lipinski definition) is 6. The van der Waals surface area contributed by atoms with Gasteiger partial charge >= 0.3 is 0 Å². The van der Waals surface area contributed by atoms with Crippen LogP contribution < -0.4 is 5.56 Å². The first kappa shape index (κ1) is 11.7. The lowest BCUT2D eigenvalue weighted by atomic mass is 10.2. The summed E-state index contributed by atoms with van der Waals surface area (Å²) in [5.41, 5.74) is 3.53. The number of fused-ring (bicyclic) bond motifs is 2. The van der Waals surface area contributed by atoms with E-state index in [1.54, 1.807) is 10.9 Å². The predicted octanol–water partition coefficient (Wildman–Crippen LogP) is 2.51. The molecule has 4 rings (SSSR count). The van der Waals surface area contributed by atoms with Crippen molar-refractivity contribution in [1.29, 1.82) is 0 Å². The minimum Gasteiger partial charge on any atom is -0.294 e. The van der Waals surface area contributed by atoms with Crippen molar-refractivity contribution < 1.29 is 0 Å². The van der Waals surface area contributed by atoms with E-state index in [0.29, 0.717) is 11.2 Å². The maximum atomic E-state index is 12.3. The maximum Gasteiger partial charge on any atom is 0.271 e. The average molecular weight is 300 g/mol. The molecule has 0 aliphatic carbocycles. The van der Waals surface area contributed by atoms with Crippen LogP contribution in [0.1, 0.15) is 5.56 Å². The lowest BCUT2D eigenvalue weighted by molar-refractivity contribution is 0.750. The van der Waals surface area contributed by atoms with Crippen LogP contribution in [0.2, 0.25) is 0 Å². The van der Waals surface area contributed by atoms with Crippen molar-refractivity contribution in [3.63, 3.8) is 0 Å². The number of nitrogens with zero attached hydrogens (tertiary/aromatic N) is 4. The summed E-state index contributed by atoms with van der Waals surface area (Å²) in [6, 6.07) is 7.72. The van der Waals surface area contributed by atoms with Crippen molar-refractivity contribution >= 4 is 44.3 Å². The smallest absolute Gasteiger partial charge is 0.271 e. The van der Waals surface area contributed by atoms with Gasteiger partial charge in [0, 0.05) is 0 Å². The zero-order chi connectivity index (χ0) is 13.5. The molecule has 0 N–H and O–H groups in total. The first-order chi connectivity index (χ1) is 9.81. The van der Waals surface area contributed by atoms with E-state index < -0.39 is 0 Å². The summed E-state index contributed by atoms with van der Waals surface area (Å²) < 4.78 is 10.7. The summed E-state index contributed by atoms with van der Waals surface area (Å²) in [6.45, 7) is 0.493. The van der Waals surface area contributed by atoms with Crippen LogP contribution in [0.5, 0.6) is 0 Å². The van der Waals surface area contributed by atoms with E-state index in [9.17, 15) is 4.79 Å². The van der Waals surface area contributed by atoms with Crippen LogP contribution in [-0.2, 0) is 6.54 Å². The molecule has 0 spiro atoms. The molecule has 0 saturated heterocycles. The van der Waals surface area contributed by atoms with E-state index in [4.69, 9.17) is 0 Å². The van der Waals surface area contributed by atoms with Crippen LogP contribution in [0.25, 0.3) is 21.3 Å². The molecule has 0 aliphatic rings. The Hall–Kier alpha value is -2.12. The summed E-state index contributed by atoms with van der Waals surface area (Å²) in [6.07, 6.45) is 1.60. The zero-order valence-corrected chi connectivity index (χ0v) is 11.8. The van der Waals surface area contributed by atoms with Crippen molar-refractivity contribution in [3.05, 3.63) is 51.9 Å². The Balaban J connectivity index is 1.79. The molecular weight excluding hydrogens is 292 g/mol. The van der Waals surface area contributed by atoms with E-state index >= 15 is 0 Å². The van der Waals surface area contributed by atoms with Crippen LogP contribution in [0.15, 0.2) is 40.8 Å².